The number of aromatic nitrogens is 8. The third kappa shape index (κ3) is 39.9. The Balaban J connectivity index is 0.847. The molecule has 4 atom stereocenters. The van der Waals surface area contributed by atoms with Crippen LogP contribution in [0.5, 0.6) is 0 Å². The van der Waals surface area contributed by atoms with Crippen LogP contribution in [-0.4, -0.2) is 263 Å². The molecule has 4 heterocycles. The average molecular weight is 1840 g/mol. The Kier molecular flexibility index (Phi) is 45.1. The van der Waals surface area contributed by atoms with Gasteiger partial charge < -0.3 is 114 Å². The van der Waals surface area contributed by atoms with Gasteiger partial charge in [0.05, 0.1) is 116 Å². The summed E-state index contributed by atoms with van der Waals surface area (Å²) in [5.74, 6) is -3.70. The van der Waals surface area contributed by atoms with E-state index >= 15 is 0 Å². The molecule has 0 fully saturated rings. The molecule has 3 aromatic carbocycles. The fraction of sp³-hybridized carbons (Fsp3) is 0.562. The largest absolute Gasteiger partial charge is 0.464 e. The minimum absolute atomic E-state index is 0.00205. The molecule has 130 heavy (non-hydrogen) atoms. The van der Waals surface area contributed by atoms with Crippen LogP contribution in [0.15, 0.2) is 85.2 Å². The van der Waals surface area contributed by atoms with Gasteiger partial charge in [-0.2, -0.15) is 19.9 Å². The SMILES string of the molecule is CC(C)[C@H](Nc1ccc(CO)cc1)C(=O)C[C@@H](CCCNC(N)=O)C(=O)NCCOCCOCCOCCOCCN(CCCCCNC(=O)CC[C@H](NC(=O)c1ccc(N(C)Cc2cnc3nc(N)nc(N)c3n2)cc1)C(=O)OCC[Si](C)(C)C)CCCCCNC(=O)CC[C@H](NC(=O)c1ccc(N(C)Cc2cnc3nc(N)nc(N)c3n2)cc1)C(=O)OCC[Si](C)(C)C. The van der Waals surface area contributed by atoms with Gasteiger partial charge in [-0.05, 0) is 149 Å². The van der Waals surface area contributed by atoms with Gasteiger partial charge in [0.25, 0.3) is 11.8 Å². The van der Waals surface area contributed by atoms with Crippen molar-refractivity contribution in [3.63, 3.8) is 0 Å². The van der Waals surface area contributed by atoms with E-state index in [-0.39, 0.29) is 142 Å². The van der Waals surface area contributed by atoms with Gasteiger partial charge >= 0.3 is 18.0 Å². The van der Waals surface area contributed by atoms with Gasteiger partial charge in [-0.3, -0.25) is 28.8 Å². The van der Waals surface area contributed by atoms with Crippen LogP contribution in [0.25, 0.3) is 22.3 Å². The summed E-state index contributed by atoms with van der Waals surface area (Å²) in [6.45, 7) is 23.8. The number of anilines is 7. The highest BCUT2D eigenvalue weighted by molar-refractivity contribution is 6.76. The Morgan fingerprint density at radius 2 is 0.915 bits per heavy atom. The van der Waals surface area contributed by atoms with Gasteiger partial charge in [-0.25, -0.2) is 34.3 Å². The number of unbranched alkanes of at least 4 members (excludes halogenated alkanes) is 4. The highest BCUT2D eigenvalue weighted by Crippen LogP contribution is 2.25. The lowest BCUT2D eigenvalue weighted by atomic mass is 9.89. The molecule has 7 amide bonds. The van der Waals surface area contributed by atoms with Crippen LogP contribution in [-0.2, 0) is 76.9 Å². The number of primary amides is 1. The van der Waals surface area contributed by atoms with Crippen LogP contribution in [0.4, 0.5) is 45.4 Å². The quantitative estimate of drug-likeness (QED) is 0.0107. The Morgan fingerprint density at radius 1 is 0.477 bits per heavy atom. The first-order chi connectivity index (χ1) is 62.1. The molecule has 39 nitrogen and oxygen atoms in total. The van der Waals surface area contributed by atoms with Crippen molar-refractivity contribution in [2.75, 3.05) is 164 Å². The Labute approximate surface area is 763 Å². The number of rotatable bonds is 63. The highest BCUT2D eigenvalue weighted by Gasteiger charge is 2.31. The zero-order chi connectivity index (χ0) is 94.6. The zero-order valence-electron chi connectivity index (χ0n) is 77.1. The third-order valence-corrected chi connectivity index (χ3v) is 24.5. The number of urea groups is 1. The van der Waals surface area contributed by atoms with Crippen molar-refractivity contribution in [1.29, 1.82) is 0 Å². The normalized spacial score (nSPS) is 12.5. The topological polar surface area (TPSA) is 556 Å². The number of fused-ring (bicyclic) bond motifs is 2. The standard InChI is InChI=1S/C89H137N23O16Si2/c1-60(2)75(101-65-25-19-61(59-113)20-26-65)72(114)54-64(18-17-37-98-89(94)122)82(117)97-38-42-123-44-46-125-48-49-126-47-45-124-43-41-112(39-15-11-13-35-95-73(115)33-31-70(85(120)127-50-52-129(5,6)7)104-83(118)62-21-27-68(28-22-62)110(3)57-66-55-99-80-76(102-66)78(90)106-87(92)108-80)40-16-12-14-36-96-74(116)34-32-71(86(121)128-51-53-130(8,9)10)105-84(119)63-23-29-69(30-24-63)111(4)58-67-56-100-81-77(103-67)79(91)107-88(93)109-81/h19-30,55-56,60,64,70-71,75,101,113H,11-18,31-54,57-59H2,1-10H3,(H,95,115)(H,96,116)(H,97,117)(H,104,118)(H,105,119)(H3,94,98,122)(H4,90,92,99,106,108)(H4,91,93,100,107,109)/t64-,70+,71+,75+/m1/s1. The second-order valence-corrected chi connectivity index (χ2v) is 46.1. The van der Waals surface area contributed by atoms with Crippen LogP contribution >= 0.6 is 0 Å². The predicted molar refractivity (Wildman–Crippen MR) is 505 cm³/mol. The minimum atomic E-state index is -1.58. The van der Waals surface area contributed by atoms with E-state index in [1.165, 1.54) is 0 Å². The summed E-state index contributed by atoms with van der Waals surface area (Å²) >= 11 is 0. The molecule has 7 aromatic rings. The molecule has 712 valence electrons. The molecule has 0 bridgehead atoms. The molecule has 0 saturated heterocycles. The summed E-state index contributed by atoms with van der Waals surface area (Å²) in [4.78, 5) is 160. The molecule has 7 rings (SSSR count). The van der Waals surface area contributed by atoms with E-state index in [1.54, 1.807) is 85.2 Å². The van der Waals surface area contributed by atoms with Crippen molar-refractivity contribution >= 4 is 132 Å². The number of hydrogen-bond acceptors (Lipinski definition) is 32. The maximum absolute atomic E-state index is 13.8. The monoisotopic (exact) mass is 1840 g/mol. The summed E-state index contributed by atoms with van der Waals surface area (Å²) in [6.07, 6.45) is 8.51. The van der Waals surface area contributed by atoms with Crippen molar-refractivity contribution in [1.82, 2.24) is 76.7 Å². The van der Waals surface area contributed by atoms with Gasteiger partial charge in [0.1, 0.15) is 12.1 Å². The molecule has 0 saturated carbocycles. The van der Waals surface area contributed by atoms with E-state index in [4.69, 9.17) is 57.1 Å². The van der Waals surface area contributed by atoms with E-state index in [9.17, 15) is 48.3 Å². The molecule has 18 N–H and O–H groups in total. The number of benzene rings is 3. The van der Waals surface area contributed by atoms with Crippen molar-refractivity contribution < 1.29 is 76.7 Å². The predicted octanol–water partition coefficient (Wildman–Crippen LogP) is 6.69. The lowest BCUT2D eigenvalue weighted by Crippen LogP contribution is -2.43. The maximum atomic E-state index is 13.8. The van der Waals surface area contributed by atoms with Crippen molar-refractivity contribution in [3.05, 3.63) is 113 Å². The Morgan fingerprint density at radius 3 is 1.35 bits per heavy atom. The van der Waals surface area contributed by atoms with Gasteiger partial charge in [0.15, 0.2) is 39.7 Å². The lowest BCUT2D eigenvalue weighted by molar-refractivity contribution is -0.146. The molecule has 0 spiro atoms. The maximum Gasteiger partial charge on any atom is 0.328 e. The molecule has 0 aliphatic rings. The number of nitrogens with one attached hydrogen (secondary N) is 7. The van der Waals surface area contributed by atoms with Crippen LogP contribution in [0.3, 0.4) is 0 Å². The smallest absolute Gasteiger partial charge is 0.328 e. The first-order valence-electron chi connectivity index (χ1n) is 44.6. The first-order valence-corrected chi connectivity index (χ1v) is 52.1. The second-order valence-electron chi connectivity index (χ2n) is 34.8. The van der Waals surface area contributed by atoms with E-state index < -0.39 is 70.0 Å². The average Bonchev–Trinajstić information content (AvgIpc) is 0.776. The van der Waals surface area contributed by atoms with E-state index in [0.29, 0.717) is 132 Å². The number of nitrogen functional groups attached to an aromatic ring is 4. The number of Topliss-reactive ketones (excluding diaryl/α,β-unsaturated/α-hetero) is 1. The molecule has 41 heteroatoms. The third-order valence-electron chi connectivity index (χ3n) is 21.1. The number of nitrogens with two attached hydrogens (primary N) is 5. The Hall–Kier alpha value is -11.5. The zero-order valence-corrected chi connectivity index (χ0v) is 79.1. The summed E-state index contributed by atoms with van der Waals surface area (Å²) < 4.78 is 34.7. The van der Waals surface area contributed by atoms with Gasteiger partial charge in [-0.1, -0.05) is 78.1 Å². The molecule has 0 aliphatic heterocycles. The fourth-order valence-electron chi connectivity index (χ4n) is 13.5. The van der Waals surface area contributed by atoms with Crippen LogP contribution < -0.4 is 75.7 Å². The number of ether oxygens (including phenoxy) is 6. The summed E-state index contributed by atoms with van der Waals surface area (Å²) in [6, 6.07) is 18.9. The number of esters is 2. The highest BCUT2D eigenvalue weighted by atomic mass is 28.3. The van der Waals surface area contributed by atoms with Crippen molar-refractivity contribution in [3.8, 4) is 0 Å². The lowest BCUT2D eigenvalue weighted by Gasteiger charge is -2.25. The molecule has 4 aromatic heterocycles. The summed E-state index contributed by atoms with van der Waals surface area (Å²) in [7, 11) is 0.554. The molecule has 0 aliphatic carbocycles. The Bertz CT molecular complexity index is 4510. The molecule has 0 unspecified atom stereocenters. The number of carbonyl (C=O) groups is 9. The summed E-state index contributed by atoms with van der Waals surface area (Å²) in [5.41, 5.74) is 34.8. The first kappa shape index (κ1) is 106. The van der Waals surface area contributed by atoms with Crippen LogP contribution in [0, 0.1) is 11.8 Å². The van der Waals surface area contributed by atoms with Crippen LogP contribution in [0.2, 0.25) is 51.4 Å². The molecular formula is C89H137N23O16Si2. The fourth-order valence-corrected chi connectivity index (χ4v) is 14.9. The number of carbonyl (C=O) groups excluding carboxylic acids is 9. The van der Waals surface area contributed by atoms with E-state index in [2.05, 4.69) is 121 Å². The van der Waals surface area contributed by atoms with E-state index in [1.807, 2.05) is 37.7 Å². The summed E-state index contributed by atoms with van der Waals surface area (Å²) in [5, 5.41) is 29.8. The number of aliphatic hydroxyl groups excluding tert-OH is 1. The van der Waals surface area contributed by atoms with Gasteiger partial charge in [-0.15, -0.1) is 0 Å². The van der Waals surface area contributed by atoms with Crippen LogP contribution in [0.1, 0.15) is 135 Å². The van der Waals surface area contributed by atoms with Crippen molar-refractivity contribution in [2.24, 2.45) is 17.6 Å². The minimum Gasteiger partial charge on any atom is -0.464 e. The van der Waals surface area contributed by atoms with Gasteiger partial charge in [0, 0.05) is 116 Å². The second kappa shape index (κ2) is 55.5. The number of amides is 7. The van der Waals surface area contributed by atoms with Crippen molar-refractivity contribution in [2.45, 2.75) is 187 Å². The molecular weight excluding hydrogens is 1700 g/mol. The molecule has 0 radical (unpaired) electrons. The van der Waals surface area contributed by atoms with Gasteiger partial charge in [0.2, 0.25) is 29.6 Å². The number of nitrogens with zero attached hydrogens (tertiary/aromatic N) is 11. The number of hydrogen-bond donors (Lipinski definition) is 13. The number of aliphatic hydroxyl groups is 1. The van der Waals surface area contributed by atoms with E-state index in [0.717, 1.165) is 73.5 Å². The number of ketones is 1.